The molecule has 1 aliphatic carbocycles. The fourth-order valence-electron chi connectivity index (χ4n) is 2.88. The van der Waals surface area contributed by atoms with Gasteiger partial charge in [0.15, 0.2) is 0 Å². The predicted octanol–water partition coefficient (Wildman–Crippen LogP) is 1.30. The van der Waals surface area contributed by atoms with Gasteiger partial charge in [0, 0.05) is 6.04 Å². The largest absolute Gasteiger partial charge is 0.340 e. The first-order chi connectivity index (χ1) is 7.71. The van der Waals surface area contributed by atoms with Crippen molar-refractivity contribution < 1.29 is 9.59 Å². The van der Waals surface area contributed by atoms with E-state index >= 15 is 0 Å². The molecule has 1 unspecified atom stereocenters. The summed E-state index contributed by atoms with van der Waals surface area (Å²) in [6, 6.07) is 0.0541. The van der Waals surface area contributed by atoms with Crippen molar-refractivity contribution in [3.63, 3.8) is 0 Å². The Morgan fingerprint density at radius 3 is 2.18 bits per heavy atom. The van der Waals surface area contributed by atoms with Gasteiger partial charge >= 0.3 is 0 Å². The van der Waals surface area contributed by atoms with Crippen molar-refractivity contribution in [3.8, 4) is 0 Å². The second kappa shape index (κ2) is 3.47. The van der Waals surface area contributed by atoms with Crippen molar-refractivity contribution in [1.29, 1.82) is 0 Å². The Balaban J connectivity index is 2.44. The molecule has 1 atom stereocenters. The first kappa shape index (κ1) is 12.4. The number of nitrogens with one attached hydrogen (secondary N) is 1. The minimum atomic E-state index is -0.782. The van der Waals surface area contributed by atoms with E-state index < -0.39 is 11.1 Å². The zero-order valence-corrected chi connectivity index (χ0v) is 11.3. The molecule has 2 amide bonds. The maximum atomic E-state index is 12.5. The van der Waals surface area contributed by atoms with E-state index in [0.29, 0.717) is 5.92 Å². The topological polar surface area (TPSA) is 49.4 Å². The third kappa shape index (κ3) is 1.65. The average Bonchev–Trinajstić information content (AvgIpc) is 2.97. The number of piperazine rings is 1. The van der Waals surface area contributed by atoms with E-state index in [9.17, 15) is 9.59 Å². The second-order valence-corrected chi connectivity index (χ2v) is 6.27. The molecule has 1 aliphatic heterocycles. The van der Waals surface area contributed by atoms with Crippen LogP contribution in [0.2, 0.25) is 0 Å². The van der Waals surface area contributed by atoms with Crippen LogP contribution in [0, 0.1) is 5.92 Å². The molecule has 1 saturated heterocycles. The molecule has 96 valence electrons. The molecule has 0 aromatic heterocycles. The first-order valence-corrected chi connectivity index (χ1v) is 6.37. The minimum absolute atomic E-state index is 0.00157. The molecule has 1 N–H and O–H groups in total. The van der Waals surface area contributed by atoms with Gasteiger partial charge in [-0.15, -0.1) is 0 Å². The van der Waals surface area contributed by atoms with Crippen LogP contribution in [0.5, 0.6) is 0 Å². The van der Waals surface area contributed by atoms with E-state index in [1.807, 2.05) is 20.8 Å². The summed E-state index contributed by atoms with van der Waals surface area (Å²) < 4.78 is 0. The van der Waals surface area contributed by atoms with Crippen LogP contribution in [0.15, 0.2) is 0 Å². The van der Waals surface area contributed by atoms with Crippen molar-refractivity contribution in [2.24, 2.45) is 5.92 Å². The van der Waals surface area contributed by atoms with E-state index in [4.69, 9.17) is 0 Å². The number of hydrogen-bond acceptors (Lipinski definition) is 2. The zero-order chi connectivity index (χ0) is 13.0. The van der Waals surface area contributed by atoms with Crippen LogP contribution in [-0.2, 0) is 9.59 Å². The van der Waals surface area contributed by atoms with E-state index in [2.05, 4.69) is 5.32 Å². The number of rotatable bonds is 2. The average molecular weight is 238 g/mol. The maximum Gasteiger partial charge on any atom is 0.248 e. The molecule has 2 rings (SSSR count). The van der Waals surface area contributed by atoms with Gasteiger partial charge in [-0.3, -0.25) is 9.59 Å². The van der Waals surface area contributed by atoms with Gasteiger partial charge in [-0.25, -0.2) is 0 Å². The monoisotopic (exact) mass is 238 g/mol. The summed E-state index contributed by atoms with van der Waals surface area (Å²) in [6.07, 6.45) is 2.09. The SMILES string of the molecule is CC(C)N1C(=O)C(C)(C)NC(=O)C1(C)C1CC1. The molecular weight excluding hydrogens is 216 g/mol. The molecular formula is C13H22N2O2. The van der Waals surface area contributed by atoms with Gasteiger partial charge in [0.25, 0.3) is 0 Å². The molecule has 0 radical (unpaired) electrons. The second-order valence-electron chi connectivity index (χ2n) is 6.27. The highest BCUT2D eigenvalue weighted by molar-refractivity contribution is 6.02. The van der Waals surface area contributed by atoms with Gasteiger partial charge in [-0.1, -0.05) is 0 Å². The Hall–Kier alpha value is -1.06. The highest BCUT2D eigenvalue weighted by Gasteiger charge is 2.59. The molecule has 0 spiro atoms. The lowest BCUT2D eigenvalue weighted by molar-refractivity contribution is -0.165. The normalized spacial score (nSPS) is 32.9. The van der Waals surface area contributed by atoms with Crippen molar-refractivity contribution in [2.45, 2.75) is 64.6 Å². The van der Waals surface area contributed by atoms with Crippen molar-refractivity contribution in [2.75, 3.05) is 0 Å². The van der Waals surface area contributed by atoms with Gasteiger partial charge in [-0.2, -0.15) is 0 Å². The standard InChI is InChI=1S/C13H22N2O2/c1-8(2)15-11(17)12(3,4)14-10(16)13(15,5)9-6-7-9/h8-9H,6-7H2,1-5H3,(H,14,16). The molecule has 0 aromatic carbocycles. The van der Waals surface area contributed by atoms with Crippen molar-refractivity contribution in [1.82, 2.24) is 10.2 Å². The third-order valence-corrected chi connectivity index (χ3v) is 4.03. The van der Waals surface area contributed by atoms with E-state index in [1.54, 1.807) is 18.7 Å². The van der Waals surface area contributed by atoms with Crippen LogP contribution >= 0.6 is 0 Å². The summed E-state index contributed by atoms with van der Waals surface area (Å²) in [5.74, 6) is 0.352. The Morgan fingerprint density at radius 2 is 1.76 bits per heavy atom. The summed E-state index contributed by atoms with van der Waals surface area (Å²) >= 11 is 0. The van der Waals surface area contributed by atoms with Gasteiger partial charge in [0.1, 0.15) is 11.1 Å². The molecule has 4 nitrogen and oxygen atoms in total. The van der Waals surface area contributed by atoms with Crippen molar-refractivity contribution in [3.05, 3.63) is 0 Å². The minimum Gasteiger partial charge on any atom is -0.340 e. The Morgan fingerprint density at radius 1 is 1.24 bits per heavy atom. The van der Waals surface area contributed by atoms with E-state index in [-0.39, 0.29) is 17.9 Å². The van der Waals surface area contributed by atoms with Crippen LogP contribution in [-0.4, -0.2) is 33.8 Å². The van der Waals surface area contributed by atoms with E-state index in [0.717, 1.165) is 12.8 Å². The van der Waals surface area contributed by atoms with Crippen LogP contribution in [0.4, 0.5) is 0 Å². The number of nitrogens with zero attached hydrogens (tertiary/aromatic N) is 1. The van der Waals surface area contributed by atoms with Crippen LogP contribution in [0.25, 0.3) is 0 Å². The van der Waals surface area contributed by atoms with Crippen LogP contribution in [0.3, 0.4) is 0 Å². The molecule has 2 fully saturated rings. The fourth-order valence-corrected chi connectivity index (χ4v) is 2.88. The molecule has 0 bridgehead atoms. The number of carbonyl (C=O) groups is 2. The van der Waals surface area contributed by atoms with Gasteiger partial charge in [-0.05, 0) is 53.4 Å². The van der Waals surface area contributed by atoms with Gasteiger partial charge in [0.05, 0.1) is 0 Å². The predicted molar refractivity (Wildman–Crippen MR) is 65.3 cm³/mol. The lowest BCUT2D eigenvalue weighted by Gasteiger charge is -2.51. The molecule has 1 saturated carbocycles. The van der Waals surface area contributed by atoms with Gasteiger partial charge in [0.2, 0.25) is 11.8 Å². The van der Waals surface area contributed by atoms with E-state index in [1.165, 1.54) is 0 Å². The highest BCUT2D eigenvalue weighted by Crippen LogP contribution is 2.46. The summed E-state index contributed by atoms with van der Waals surface area (Å²) in [6.45, 7) is 9.41. The van der Waals surface area contributed by atoms with Crippen LogP contribution < -0.4 is 5.32 Å². The Labute approximate surface area is 103 Å². The maximum absolute atomic E-state index is 12.5. The Kier molecular flexibility index (Phi) is 2.53. The molecule has 2 aliphatic rings. The number of hydrogen-bond donors (Lipinski definition) is 1. The van der Waals surface area contributed by atoms with Crippen LogP contribution in [0.1, 0.15) is 47.5 Å². The molecule has 17 heavy (non-hydrogen) atoms. The fraction of sp³-hybridized carbons (Fsp3) is 0.846. The number of carbonyl (C=O) groups excluding carboxylic acids is 2. The van der Waals surface area contributed by atoms with Gasteiger partial charge < -0.3 is 10.2 Å². The highest BCUT2D eigenvalue weighted by atomic mass is 16.2. The molecule has 0 aromatic rings. The Bertz CT molecular complexity index is 372. The summed E-state index contributed by atoms with van der Waals surface area (Å²) in [5.41, 5.74) is -1.43. The quantitative estimate of drug-likeness (QED) is 0.788. The summed E-state index contributed by atoms with van der Waals surface area (Å²) in [7, 11) is 0. The smallest absolute Gasteiger partial charge is 0.248 e. The summed E-state index contributed by atoms with van der Waals surface area (Å²) in [5, 5.41) is 2.87. The molecule has 4 heteroatoms. The number of amides is 2. The first-order valence-electron chi connectivity index (χ1n) is 6.37. The lowest BCUT2D eigenvalue weighted by atomic mass is 9.83. The van der Waals surface area contributed by atoms with Crippen molar-refractivity contribution >= 4 is 11.8 Å². The molecule has 1 heterocycles. The zero-order valence-electron chi connectivity index (χ0n) is 11.3. The summed E-state index contributed by atoms with van der Waals surface area (Å²) in [4.78, 5) is 26.7. The lowest BCUT2D eigenvalue weighted by Crippen LogP contribution is -2.75. The third-order valence-electron chi connectivity index (χ3n) is 4.03.